The van der Waals surface area contributed by atoms with E-state index in [4.69, 9.17) is 11.6 Å². The van der Waals surface area contributed by atoms with Crippen LogP contribution in [-0.2, 0) is 18.8 Å². The van der Waals surface area contributed by atoms with Crippen molar-refractivity contribution in [3.05, 3.63) is 65.0 Å². The van der Waals surface area contributed by atoms with Crippen molar-refractivity contribution in [3.8, 4) is 0 Å². The molecule has 3 rings (SSSR count). The van der Waals surface area contributed by atoms with Crippen LogP contribution in [0.3, 0.4) is 0 Å². The zero-order valence-corrected chi connectivity index (χ0v) is 11.3. The van der Waals surface area contributed by atoms with Gasteiger partial charge in [-0.15, -0.1) is 11.6 Å². The van der Waals surface area contributed by atoms with Crippen LogP contribution < -0.4 is 4.90 Å². The molecule has 3 heteroatoms. The highest BCUT2D eigenvalue weighted by Crippen LogP contribution is 2.29. The minimum atomic E-state index is -0.216. The second-order valence-electron chi connectivity index (χ2n) is 4.81. The molecule has 0 atom stereocenters. The number of nitrogens with zero attached hydrogens (tertiary/aromatic N) is 1. The summed E-state index contributed by atoms with van der Waals surface area (Å²) in [5.41, 5.74) is 4.23. The van der Waals surface area contributed by atoms with Crippen molar-refractivity contribution in [2.45, 2.75) is 18.8 Å². The number of alkyl halides is 1. The van der Waals surface area contributed by atoms with Crippen molar-refractivity contribution in [1.82, 2.24) is 0 Å². The number of hydrogen-bond donors (Lipinski definition) is 0. The third-order valence-corrected chi connectivity index (χ3v) is 3.97. The maximum absolute atomic E-state index is 13.8. The van der Waals surface area contributed by atoms with Crippen molar-refractivity contribution >= 4 is 17.3 Å². The van der Waals surface area contributed by atoms with Crippen LogP contribution in [0.1, 0.15) is 16.7 Å². The van der Waals surface area contributed by atoms with Gasteiger partial charge >= 0.3 is 0 Å². The lowest BCUT2D eigenvalue weighted by atomic mass is 9.99. The van der Waals surface area contributed by atoms with Crippen molar-refractivity contribution in [1.29, 1.82) is 0 Å². The topological polar surface area (TPSA) is 3.24 Å². The van der Waals surface area contributed by atoms with E-state index in [1.807, 2.05) is 6.07 Å². The number of fused-ring (bicyclic) bond motifs is 1. The van der Waals surface area contributed by atoms with Gasteiger partial charge in [-0.3, -0.25) is 0 Å². The summed E-state index contributed by atoms with van der Waals surface area (Å²) in [5.74, 6) is -0.00785. The molecule has 0 aliphatic carbocycles. The first-order chi connectivity index (χ1) is 9.29. The van der Waals surface area contributed by atoms with Gasteiger partial charge in [0.1, 0.15) is 5.82 Å². The SMILES string of the molecule is Fc1cccc(N2CCc3ccccc3C2)c1CCl. The van der Waals surface area contributed by atoms with Crippen LogP contribution in [-0.4, -0.2) is 6.54 Å². The summed E-state index contributed by atoms with van der Waals surface area (Å²) in [5, 5.41) is 0. The molecule has 1 nitrogen and oxygen atoms in total. The van der Waals surface area contributed by atoms with Gasteiger partial charge in [0.05, 0.1) is 5.88 Å². The maximum Gasteiger partial charge on any atom is 0.129 e. The lowest BCUT2D eigenvalue weighted by molar-refractivity contribution is 0.613. The predicted molar refractivity (Wildman–Crippen MR) is 77.2 cm³/mol. The summed E-state index contributed by atoms with van der Waals surface area (Å²) in [6.45, 7) is 1.73. The Morgan fingerprint density at radius 1 is 1.05 bits per heavy atom. The molecule has 0 aromatic heterocycles. The first kappa shape index (κ1) is 12.5. The molecule has 0 saturated carbocycles. The van der Waals surface area contributed by atoms with E-state index in [1.165, 1.54) is 17.2 Å². The maximum atomic E-state index is 13.8. The van der Waals surface area contributed by atoms with Crippen LogP contribution in [0, 0.1) is 5.82 Å². The Labute approximate surface area is 117 Å². The van der Waals surface area contributed by atoms with Gasteiger partial charge in [-0.05, 0) is 29.7 Å². The number of benzene rings is 2. The van der Waals surface area contributed by atoms with Gasteiger partial charge < -0.3 is 4.90 Å². The van der Waals surface area contributed by atoms with Gasteiger partial charge in [0.25, 0.3) is 0 Å². The van der Waals surface area contributed by atoms with Gasteiger partial charge in [0.15, 0.2) is 0 Å². The molecule has 1 heterocycles. The smallest absolute Gasteiger partial charge is 0.129 e. The molecule has 0 fully saturated rings. The molecule has 0 saturated heterocycles. The minimum Gasteiger partial charge on any atom is -0.367 e. The molecule has 1 aliphatic heterocycles. The lowest BCUT2D eigenvalue weighted by Gasteiger charge is -2.32. The Morgan fingerprint density at radius 3 is 2.63 bits per heavy atom. The Bertz CT molecular complexity index is 597. The molecule has 2 aromatic rings. The van der Waals surface area contributed by atoms with Gasteiger partial charge in [0, 0.05) is 24.3 Å². The van der Waals surface area contributed by atoms with E-state index < -0.39 is 0 Å². The lowest BCUT2D eigenvalue weighted by Crippen LogP contribution is -2.31. The fraction of sp³-hybridized carbons (Fsp3) is 0.250. The first-order valence-corrected chi connectivity index (χ1v) is 6.98. The van der Waals surface area contributed by atoms with Crippen molar-refractivity contribution in [2.24, 2.45) is 0 Å². The Kier molecular flexibility index (Phi) is 3.43. The first-order valence-electron chi connectivity index (χ1n) is 6.44. The van der Waals surface area contributed by atoms with Crippen molar-refractivity contribution in [3.63, 3.8) is 0 Å². The zero-order chi connectivity index (χ0) is 13.2. The van der Waals surface area contributed by atoms with E-state index in [9.17, 15) is 4.39 Å². The summed E-state index contributed by atoms with van der Waals surface area (Å²) < 4.78 is 13.8. The largest absolute Gasteiger partial charge is 0.367 e. The molecule has 0 bridgehead atoms. The van der Waals surface area contributed by atoms with Gasteiger partial charge in [-0.1, -0.05) is 30.3 Å². The monoisotopic (exact) mass is 275 g/mol. The molecule has 19 heavy (non-hydrogen) atoms. The van der Waals surface area contributed by atoms with Gasteiger partial charge in [0.2, 0.25) is 0 Å². The number of anilines is 1. The van der Waals surface area contributed by atoms with Crippen LogP contribution in [0.25, 0.3) is 0 Å². The fourth-order valence-electron chi connectivity index (χ4n) is 2.68. The molecule has 0 unspecified atom stereocenters. The molecule has 0 radical (unpaired) electrons. The van der Waals surface area contributed by atoms with E-state index >= 15 is 0 Å². The van der Waals surface area contributed by atoms with Crippen LogP contribution in [0.4, 0.5) is 10.1 Å². The Balaban J connectivity index is 1.95. The van der Waals surface area contributed by atoms with E-state index in [0.29, 0.717) is 5.56 Å². The third kappa shape index (κ3) is 2.33. The molecule has 0 N–H and O–H groups in total. The van der Waals surface area contributed by atoms with Gasteiger partial charge in [-0.25, -0.2) is 4.39 Å². The zero-order valence-electron chi connectivity index (χ0n) is 10.6. The normalized spacial score (nSPS) is 14.3. The van der Waals surface area contributed by atoms with E-state index in [-0.39, 0.29) is 11.7 Å². The number of halogens is 2. The molecular formula is C16H15ClFN. The minimum absolute atomic E-state index is 0.208. The molecule has 1 aliphatic rings. The van der Waals surface area contributed by atoms with Crippen molar-refractivity contribution in [2.75, 3.05) is 11.4 Å². The Morgan fingerprint density at radius 2 is 1.84 bits per heavy atom. The van der Waals surface area contributed by atoms with Crippen LogP contribution in [0.2, 0.25) is 0 Å². The predicted octanol–water partition coefficient (Wildman–Crippen LogP) is 4.13. The summed E-state index contributed by atoms with van der Waals surface area (Å²) in [4.78, 5) is 2.21. The second kappa shape index (κ2) is 5.22. The van der Waals surface area contributed by atoms with Crippen LogP contribution in [0.5, 0.6) is 0 Å². The quantitative estimate of drug-likeness (QED) is 0.745. The molecular weight excluding hydrogens is 261 g/mol. The van der Waals surface area contributed by atoms with Crippen LogP contribution >= 0.6 is 11.6 Å². The van der Waals surface area contributed by atoms with Gasteiger partial charge in [-0.2, -0.15) is 0 Å². The molecule has 2 aromatic carbocycles. The summed E-state index contributed by atoms with van der Waals surface area (Å²) >= 11 is 5.89. The third-order valence-electron chi connectivity index (χ3n) is 3.70. The van der Waals surface area contributed by atoms with E-state index in [0.717, 1.165) is 25.2 Å². The summed E-state index contributed by atoms with van der Waals surface area (Å²) in [6.07, 6.45) is 0.994. The fourth-order valence-corrected chi connectivity index (χ4v) is 2.94. The highest BCUT2D eigenvalue weighted by Gasteiger charge is 2.19. The molecule has 98 valence electrons. The average Bonchev–Trinajstić information content (AvgIpc) is 2.46. The summed E-state index contributed by atoms with van der Waals surface area (Å²) in [7, 11) is 0. The molecule has 0 amide bonds. The Hall–Kier alpha value is -1.54. The molecule has 0 spiro atoms. The van der Waals surface area contributed by atoms with E-state index in [1.54, 1.807) is 6.07 Å². The van der Waals surface area contributed by atoms with E-state index in [2.05, 4.69) is 29.2 Å². The average molecular weight is 276 g/mol. The summed E-state index contributed by atoms with van der Waals surface area (Å²) in [6, 6.07) is 13.6. The number of rotatable bonds is 2. The second-order valence-corrected chi connectivity index (χ2v) is 5.08. The van der Waals surface area contributed by atoms with Crippen molar-refractivity contribution < 1.29 is 4.39 Å². The number of hydrogen-bond acceptors (Lipinski definition) is 1. The highest BCUT2D eigenvalue weighted by atomic mass is 35.5. The van der Waals surface area contributed by atoms with Crippen LogP contribution in [0.15, 0.2) is 42.5 Å². The highest BCUT2D eigenvalue weighted by molar-refractivity contribution is 6.17. The standard InChI is InChI=1S/C16H15ClFN/c17-10-14-15(18)6-3-7-16(14)19-9-8-12-4-1-2-5-13(12)11-19/h1-7H,8-11H2.